The fourth-order valence-corrected chi connectivity index (χ4v) is 4.24. The van der Waals surface area contributed by atoms with Crippen LogP contribution in [-0.2, 0) is 21.4 Å². The van der Waals surface area contributed by atoms with E-state index in [4.69, 9.17) is 4.74 Å². The molecule has 0 bridgehead atoms. The van der Waals surface area contributed by atoms with Gasteiger partial charge < -0.3 is 9.64 Å². The number of hydrogen-bond donors (Lipinski definition) is 0. The Hall–Kier alpha value is -2.38. The molecule has 28 heavy (non-hydrogen) atoms. The van der Waals surface area contributed by atoms with E-state index in [1.54, 1.807) is 12.1 Å². The summed E-state index contributed by atoms with van der Waals surface area (Å²) in [5.41, 5.74) is 3.00. The number of benzene rings is 2. The molecule has 6 nitrogen and oxygen atoms in total. The number of esters is 1. The molecule has 0 atom stereocenters. The van der Waals surface area contributed by atoms with Gasteiger partial charge in [0.25, 0.3) is 0 Å². The van der Waals surface area contributed by atoms with Gasteiger partial charge in [0, 0.05) is 27.2 Å². The van der Waals surface area contributed by atoms with Crippen molar-refractivity contribution in [3.63, 3.8) is 0 Å². The molecule has 2 aromatic rings. The number of sulfonamides is 1. The lowest BCUT2D eigenvalue weighted by molar-refractivity contribution is 0.0473. The van der Waals surface area contributed by atoms with Crippen LogP contribution in [0, 0.1) is 6.92 Å². The van der Waals surface area contributed by atoms with E-state index in [1.807, 2.05) is 31.2 Å². The van der Waals surface area contributed by atoms with Crippen molar-refractivity contribution >= 4 is 21.7 Å². The van der Waals surface area contributed by atoms with E-state index in [1.165, 1.54) is 20.2 Å². The highest BCUT2D eigenvalue weighted by molar-refractivity contribution is 7.89. The van der Waals surface area contributed by atoms with E-state index in [0.717, 1.165) is 47.1 Å². The number of carbonyl (C=O) groups excluding carboxylic acids is 1. The third-order valence-electron chi connectivity index (χ3n) is 4.87. The number of ether oxygens (including phenoxy) is 1. The standard InChI is InChI=1S/C21H26N2O4S/c1-16-7-6-8-17(13-16)15-27-21(24)19-14-18(28(25,26)22(2)3)9-10-20(19)23-11-4-5-12-23/h6-10,13-14H,4-5,11-12,15H2,1-3H3. The van der Waals surface area contributed by atoms with Crippen molar-refractivity contribution in [2.75, 3.05) is 32.1 Å². The van der Waals surface area contributed by atoms with Crippen LogP contribution >= 0.6 is 0 Å². The van der Waals surface area contributed by atoms with Gasteiger partial charge in [-0.25, -0.2) is 17.5 Å². The zero-order valence-corrected chi connectivity index (χ0v) is 17.3. The molecule has 1 heterocycles. The minimum absolute atomic E-state index is 0.0861. The fourth-order valence-electron chi connectivity index (χ4n) is 3.31. The summed E-state index contributed by atoms with van der Waals surface area (Å²) in [6.07, 6.45) is 2.10. The summed E-state index contributed by atoms with van der Waals surface area (Å²) in [6.45, 7) is 3.81. The molecule has 1 aliphatic heterocycles. The molecule has 7 heteroatoms. The molecule has 0 amide bonds. The van der Waals surface area contributed by atoms with Crippen molar-refractivity contribution in [2.24, 2.45) is 0 Å². The number of aryl methyl sites for hydroxylation is 1. The van der Waals surface area contributed by atoms with Crippen LogP contribution in [0.15, 0.2) is 47.4 Å². The third-order valence-corrected chi connectivity index (χ3v) is 6.68. The van der Waals surface area contributed by atoms with Gasteiger partial charge in [-0.15, -0.1) is 0 Å². The van der Waals surface area contributed by atoms with E-state index in [0.29, 0.717) is 0 Å². The lowest BCUT2D eigenvalue weighted by Crippen LogP contribution is -2.24. The zero-order chi connectivity index (χ0) is 20.3. The number of hydrogen-bond acceptors (Lipinski definition) is 5. The van der Waals surface area contributed by atoms with Crippen molar-refractivity contribution in [1.82, 2.24) is 4.31 Å². The molecule has 0 aliphatic carbocycles. The summed E-state index contributed by atoms with van der Waals surface area (Å²) >= 11 is 0. The first kappa shape index (κ1) is 20.4. The smallest absolute Gasteiger partial charge is 0.340 e. The maximum atomic E-state index is 12.9. The van der Waals surface area contributed by atoms with Gasteiger partial charge in [0.05, 0.1) is 16.1 Å². The van der Waals surface area contributed by atoms with Gasteiger partial charge >= 0.3 is 5.97 Å². The van der Waals surface area contributed by atoms with Crippen LogP contribution in [0.5, 0.6) is 0 Å². The highest BCUT2D eigenvalue weighted by Gasteiger charge is 2.25. The average molecular weight is 403 g/mol. The van der Waals surface area contributed by atoms with Crippen molar-refractivity contribution in [3.8, 4) is 0 Å². The first-order valence-electron chi connectivity index (χ1n) is 9.33. The Morgan fingerprint density at radius 2 is 1.82 bits per heavy atom. The van der Waals surface area contributed by atoms with E-state index in [-0.39, 0.29) is 17.1 Å². The number of nitrogens with zero attached hydrogens (tertiary/aromatic N) is 2. The van der Waals surface area contributed by atoms with Crippen LogP contribution in [0.3, 0.4) is 0 Å². The second kappa shape index (κ2) is 8.32. The Morgan fingerprint density at radius 3 is 2.46 bits per heavy atom. The highest BCUT2D eigenvalue weighted by atomic mass is 32.2. The molecule has 0 saturated carbocycles. The molecule has 3 rings (SSSR count). The molecule has 150 valence electrons. The molecule has 1 fully saturated rings. The van der Waals surface area contributed by atoms with E-state index in [2.05, 4.69) is 4.90 Å². The van der Waals surface area contributed by atoms with Crippen molar-refractivity contribution in [1.29, 1.82) is 0 Å². The predicted molar refractivity (Wildman–Crippen MR) is 109 cm³/mol. The van der Waals surface area contributed by atoms with Gasteiger partial charge in [-0.1, -0.05) is 29.8 Å². The zero-order valence-electron chi connectivity index (χ0n) is 16.5. The second-order valence-corrected chi connectivity index (χ2v) is 9.38. The van der Waals surface area contributed by atoms with Crippen LogP contribution in [0.2, 0.25) is 0 Å². The lowest BCUT2D eigenvalue weighted by atomic mass is 10.1. The summed E-state index contributed by atoms with van der Waals surface area (Å²) in [5.74, 6) is -0.515. The topological polar surface area (TPSA) is 66.9 Å². The summed E-state index contributed by atoms with van der Waals surface area (Å²) in [6, 6.07) is 12.5. The van der Waals surface area contributed by atoms with Crippen molar-refractivity contribution in [3.05, 3.63) is 59.2 Å². The van der Waals surface area contributed by atoms with Crippen LogP contribution in [0.1, 0.15) is 34.3 Å². The summed E-state index contributed by atoms with van der Waals surface area (Å²) in [5, 5.41) is 0. The van der Waals surface area contributed by atoms with Crippen molar-refractivity contribution in [2.45, 2.75) is 31.3 Å². The maximum Gasteiger partial charge on any atom is 0.340 e. The average Bonchev–Trinajstić information content (AvgIpc) is 3.20. The molecule has 0 unspecified atom stereocenters. The molecule has 1 saturated heterocycles. The lowest BCUT2D eigenvalue weighted by Gasteiger charge is -2.22. The Balaban J connectivity index is 1.92. The van der Waals surface area contributed by atoms with E-state index >= 15 is 0 Å². The normalized spacial score (nSPS) is 14.5. The molecule has 1 aliphatic rings. The van der Waals surface area contributed by atoms with Crippen LogP contribution in [-0.4, -0.2) is 45.9 Å². The first-order chi connectivity index (χ1) is 13.3. The van der Waals surface area contributed by atoms with Crippen LogP contribution < -0.4 is 4.90 Å². The number of anilines is 1. The molecule has 0 N–H and O–H groups in total. The summed E-state index contributed by atoms with van der Waals surface area (Å²) < 4.78 is 31.7. The Morgan fingerprint density at radius 1 is 1.11 bits per heavy atom. The number of rotatable bonds is 6. The van der Waals surface area contributed by atoms with Crippen LogP contribution in [0.25, 0.3) is 0 Å². The van der Waals surface area contributed by atoms with E-state index in [9.17, 15) is 13.2 Å². The first-order valence-corrected chi connectivity index (χ1v) is 10.8. The molecule has 2 aromatic carbocycles. The second-order valence-electron chi connectivity index (χ2n) is 7.23. The summed E-state index contributed by atoms with van der Waals surface area (Å²) in [4.78, 5) is 15.1. The largest absolute Gasteiger partial charge is 0.457 e. The molecule has 0 spiro atoms. The highest BCUT2D eigenvalue weighted by Crippen LogP contribution is 2.29. The molecule has 0 radical (unpaired) electrons. The molecule has 0 aromatic heterocycles. The summed E-state index contributed by atoms with van der Waals surface area (Å²) in [7, 11) is -0.696. The van der Waals surface area contributed by atoms with Crippen LogP contribution in [0.4, 0.5) is 5.69 Å². The van der Waals surface area contributed by atoms with Gasteiger partial charge in [-0.2, -0.15) is 0 Å². The van der Waals surface area contributed by atoms with Gasteiger partial charge in [-0.3, -0.25) is 0 Å². The number of carbonyl (C=O) groups is 1. The van der Waals surface area contributed by atoms with E-state index < -0.39 is 16.0 Å². The van der Waals surface area contributed by atoms with Gasteiger partial charge in [0.2, 0.25) is 10.0 Å². The Bertz CT molecular complexity index is 964. The SMILES string of the molecule is Cc1cccc(COC(=O)c2cc(S(=O)(=O)N(C)C)ccc2N2CCCC2)c1. The molecular formula is C21H26N2O4S. The van der Waals surface area contributed by atoms with Gasteiger partial charge in [0.1, 0.15) is 6.61 Å². The predicted octanol–water partition coefficient (Wildman–Crippen LogP) is 3.20. The minimum atomic E-state index is -3.64. The van der Waals surface area contributed by atoms with Gasteiger partial charge in [-0.05, 0) is 43.5 Å². The third kappa shape index (κ3) is 4.36. The van der Waals surface area contributed by atoms with Gasteiger partial charge in [0.15, 0.2) is 0 Å². The quantitative estimate of drug-likeness (QED) is 0.694. The monoisotopic (exact) mass is 402 g/mol. The molecular weight excluding hydrogens is 376 g/mol. The Kier molecular flexibility index (Phi) is 6.05. The Labute approximate surface area is 166 Å². The minimum Gasteiger partial charge on any atom is -0.457 e. The van der Waals surface area contributed by atoms with Crippen molar-refractivity contribution < 1.29 is 17.9 Å². The fraction of sp³-hybridized carbons (Fsp3) is 0.381. The maximum absolute atomic E-state index is 12.9.